The van der Waals surface area contributed by atoms with E-state index < -0.39 is 23.6 Å². The lowest BCUT2D eigenvalue weighted by atomic mass is 10.0. The van der Waals surface area contributed by atoms with E-state index in [9.17, 15) is 19.2 Å². The predicted octanol–water partition coefficient (Wildman–Crippen LogP) is -2.07. The molecular formula is C12H20N4O4. The molecule has 3 amide bonds. The molecule has 0 aromatic rings. The molecule has 8 heteroatoms. The Balaban J connectivity index is 2.49. The van der Waals surface area contributed by atoms with E-state index in [2.05, 4.69) is 10.6 Å². The van der Waals surface area contributed by atoms with E-state index in [-0.39, 0.29) is 24.8 Å². The van der Waals surface area contributed by atoms with E-state index in [1.165, 1.54) is 0 Å². The van der Waals surface area contributed by atoms with Gasteiger partial charge in [0, 0.05) is 6.42 Å². The number of amides is 3. The van der Waals surface area contributed by atoms with E-state index in [4.69, 9.17) is 11.5 Å². The molecule has 0 aromatic carbocycles. The van der Waals surface area contributed by atoms with E-state index in [0.717, 1.165) is 19.4 Å². The van der Waals surface area contributed by atoms with Crippen LogP contribution in [0.3, 0.4) is 0 Å². The maximum Gasteiger partial charge on any atom is 0.284 e. The summed E-state index contributed by atoms with van der Waals surface area (Å²) in [7, 11) is 0. The number of carbonyl (C=O) groups is 4. The second-order valence-corrected chi connectivity index (χ2v) is 4.79. The van der Waals surface area contributed by atoms with Crippen LogP contribution in [0.2, 0.25) is 0 Å². The summed E-state index contributed by atoms with van der Waals surface area (Å²) in [5.41, 5.74) is 9.99. The van der Waals surface area contributed by atoms with Crippen molar-refractivity contribution in [2.75, 3.05) is 6.54 Å². The van der Waals surface area contributed by atoms with Crippen LogP contribution in [0.15, 0.2) is 0 Å². The molecule has 0 radical (unpaired) electrons. The van der Waals surface area contributed by atoms with Gasteiger partial charge in [0.05, 0.1) is 6.04 Å². The number of nitrogens with two attached hydrogens (primary N) is 2. The molecule has 0 aromatic heterocycles. The highest BCUT2D eigenvalue weighted by Gasteiger charge is 2.26. The Morgan fingerprint density at radius 2 is 1.90 bits per heavy atom. The van der Waals surface area contributed by atoms with Crippen molar-refractivity contribution in [1.82, 2.24) is 10.6 Å². The lowest BCUT2D eigenvalue weighted by molar-refractivity contribution is -0.136. The van der Waals surface area contributed by atoms with Gasteiger partial charge in [0.2, 0.25) is 17.6 Å². The summed E-state index contributed by atoms with van der Waals surface area (Å²) < 4.78 is 0. The second kappa shape index (κ2) is 7.59. The van der Waals surface area contributed by atoms with Crippen LogP contribution in [0.4, 0.5) is 0 Å². The molecule has 1 saturated heterocycles. The SMILES string of the molecule is NC(=O)C(=O)CCC(NC(=O)[C@@H]1CCCCN1)C(N)=O. The molecular weight excluding hydrogens is 264 g/mol. The number of hydrogen-bond acceptors (Lipinski definition) is 5. The molecule has 1 fully saturated rings. The molecule has 0 aliphatic carbocycles. The number of rotatable bonds is 7. The van der Waals surface area contributed by atoms with Crippen LogP contribution in [0.1, 0.15) is 32.1 Å². The van der Waals surface area contributed by atoms with E-state index >= 15 is 0 Å². The zero-order chi connectivity index (χ0) is 15.1. The van der Waals surface area contributed by atoms with E-state index in [1.807, 2.05) is 0 Å². The quantitative estimate of drug-likeness (QED) is 0.397. The maximum absolute atomic E-state index is 11.9. The van der Waals surface area contributed by atoms with Gasteiger partial charge in [0.15, 0.2) is 0 Å². The number of carbonyl (C=O) groups excluding carboxylic acids is 4. The molecule has 112 valence electrons. The van der Waals surface area contributed by atoms with E-state index in [0.29, 0.717) is 6.42 Å². The fourth-order valence-corrected chi connectivity index (χ4v) is 2.03. The van der Waals surface area contributed by atoms with Gasteiger partial charge in [0.1, 0.15) is 6.04 Å². The van der Waals surface area contributed by atoms with Crippen LogP contribution in [0.5, 0.6) is 0 Å². The number of nitrogens with one attached hydrogen (secondary N) is 2. The first-order valence-corrected chi connectivity index (χ1v) is 6.57. The second-order valence-electron chi connectivity index (χ2n) is 4.79. The molecule has 0 saturated carbocycles. The molecule has 1 rings (SSSR count). The van der Waals surface area contributed by atoms with Crippen molar-refractivity contribution in [3.63, 3.8) is 0 Å². The highest BCUT2D eigenvalue weighted by molar-refractivity contribution is 6.35. The molecule has 1 unspecified atom stereocenters. The average molecular weight is 284 g/mol. The first-order valence-electron chi connectivity index (χ1n) is 6.57. The Bertz CT molecular complexity index is 404. The minimum Gasteiger partial charge on any atom is -0.368 e. The molecule has 1 aliphatic rings. The number of Topliss-reactive ketones (excluding diaryl/α,β-unsaturated/α-hetero) is 1. The van der Waals surface area contributed by atoms with Gasteiger partial charge in [-0.25, -0.2) is 0 Å². The monoisotopic (exact) mass is 284 g/mol. The van der Waals surface area contributed by atoms with Gasteiger partial charge in [-0.1, -0.05) is 6.42 Å². The third-order valence-corrected chi connectivity index (χ3v) is 3.22. The first-order chi connectivity index (χ1) is 9.41. The van der Waals surface area contributed by atoms with Crippen LogP contribution in [0.25, 0.3) is 0 Å². The Morgan fingerprint density at radius 1 is 1.20 bits per heavy atom. The molecule has 0 spiro atoms. The fraction of sp³-hybridized carbons (Fsp3) is 0.667. The molecule has 1 aliphatic heterocycles. The lowest BCUT2D eigenvalue weighted by Crippen LogP contribution is -2.53. The largest absolute Gasteiger partial charge is 0.368 e. The van der Waals surface area contributed by atoms with E-state index in [1.54, 1.807) is 0 Å². The van der Waals surface area contributed by atoms with Gasteiger partial charge in [-0.05, 0) is 25.8 Å². The van der Waals surface area contributed by atoms with Gasteiger partial charge < -0.3 is 22.1 Å². The van der Waals surface area contributed by atoms with Crippen molar-refractivity contribution in [2.45, 2.75) is 44.2 Å². The lowest BCUT2D eigenvalue weighted by Gasteiger charge is -2.24. The summed E-state index contributed by atoms with van der Waals surface area (Å²) in [6, 6.07) is -1.33. The van der Waals surface area contributed by atoms with Crippen molar-refractivity contribution in [2.24, 2.45) is 11.5 Å². The van der Waals surface area contributed by atoms with Crippen LogP contribution in [-0.2, 0) is 19.2 Å². The molecule has 6 N–H and O–H groups in total. The number of piperidine rings is 1. The molecule has 0 bridgehead atoms. The summed E-state index contributed by atoms with van der Waals surface area (Å²) >= 11 is 0. The summed E-state index contributed by atoms with van der Waals surface area (Å²) in [5, 5.41) is 5.54. The van der Waals surface area contributed by atoms with Gasteiger partial charge in [0.25, 0.3) is 5.91 Å². The first kappa shape index (κ1) is 16.1. The Labute approximate surface area is 116 Å². The zero-order valence-corrected chi connectivity index (χ0v) is 11.2. The maximum atomic E-state index is 11.9. The fourth-order valence-electron chi connectivity index (χ4n) is 2.03. The van der Waals surface area contributed by atoms with Crippen LogP contribution >= 0.6 is 0 Å². The number of ketones is 1. The zero-order valence-electron chi connectivity index (χ0n) is 11.2. The Morgan fingerprint density at radius 3 is 2.40 bits per heavy atom. The molecule has 1 heterocycles. The summed E-state index contributed by atoms with van der Waals surface area (Å²) in [6.45, 7) is 0.749. The normalized spacial score (nSPS) is 19.9. The minimum absolute atomic E-state index is 0.0322. The summed E-state index contributed by atoms with van der Waals surface area (Å²) in [6.07, 6.45) is 2.39. The van der Waals surface area contributed by atoms with Crippen molar-refractivity contribution in [1.29, 1.82) is 0 Å². The highest BCUT2D eigenvalue weighted by atomic mass is 16.2. The van der Waals surface area contributed by atoms with Crippen molar-refractivity contribution < 1.29 is 19.2 Å². The number of hydrogen-bond donors (Lipinski definition) is 4. The predicted molar refractivity (Wildman–Crippen MR) is 70.2 cm³/mol. The van der Waals surface area contributed by atoms with Crippen LogP contribution < -0.4 is 22.1 Å². The summed E-state index contributed by atoms with van der Waals surface area (Å²) in [5.74, 6) is -2.92. The third kappa shape index (κ3) is 4.96. The standard InChI is InChI=1S/C12H20N4O4/c13-10(18)7(4-5-9(17)11(14)19)16-12(20)8-3-1-2-6-15-8/h7-8,15H,1-6H2,(H2,13,18)(H2,14,19)(H,16,20)/t7?,8-/m0/s1. The van der Waals surface area contributed by atoms with Crippen LogP contribution in [0, 0.1) is 0 Å². The topological polar surface area (TPSA) is 144 Å². The molecule has 20 heavy (non-hydrogen) atoms. The summed E-state index contributed by atoms with van der Waals surface area (Å²) in [4.78, 5) is 44.9. The van der Waals surface area contributed by atoms with Gasteiger partial charge in [-0.2, -0.15) is 0 Å². The molecule has 8 nitrogen and oxygen atoms in total. The minimum atomic E-state index is -1.06. The van der Waals surface area contributed by atoms with Gasteiger partial charge in [-0.3, -0.25) is 19.2 Å². The van der Waals surface area contributed by atoms with Gasteiger partial charge >= 0.3 is 0 Å². The number of primary amides is 2. The Hall–Kier alpha value is -1.96. The Kier molecular flexibility index (Phi) is 6.10. The van der Waals surface area contributed by atoms with Crippen molar-refractivity contribution in [3.8, 4) is 0 Å². The smallest absolute Gasteiger partial charge is 0.284 e. The van der Waals surface area contributed by atoms with Crippen molar-refractivity contribution in [3.05, 3.63) is 0 Å². The highest BCUT2D eigenvalue weighted by Crippen LogP contribution is 2.08. The third-order valence-electron chi connectivity index (χ3n) is 3.22. The van der Waals surface area contributed by atoms with Crippen LogP contribution in [-0.4, -0.2) is 42.1 Å². The van der Waals surface area contributed by atoms with Crippen molar-refractivity contribution >= 4 is 23.5 Å². The van der Waals surface area contributed by atoms with Gasteiger partial charge in [-0.15, -0.1) is 0 Å². The molecule has 2 atom stereocenters. The average Bonchev–Trinajstić information content (AvgIpc) is 2.43.